The Morgan fingerprint density at radius 3 is 2.15 bits per heavy atom. The van der Waals surface area contributed by atoms with Crippen molar-refractivity contribution in [1.29, 1.82) is 0 Å². The minimum absolute atomic E-state index is 0.0192. The van der Waals surface area contributed by atoms with Gasteiger partial charge in [0.05, 0.1) is 23.5 Å². The van der Waals surface area contributed by atoms with E-state index in [9.17, 15) is 27.9 Å². The second-order valence-electron chi connectivity index (χ2n) is 9.13. The molecule has 2 saturated heterocycles. The van der Waals surface area contributed by atoms with Gasteiger partial charge in [-0.1, -0.05) is 23.7 Å². The van der Waals surface area contributed by atoms with Gasteiger partial charge in [-0.2, -0.15) is 13.2 Å². The fraction of sp³-hybridized carbons (Fsp3) is 0.400. The molecule has 0 aromatic heterocycles. The lowest BCUT2D eigenvalue weighted by Crippen LogP contribution is -2.50. The molecular formula is C25H29ClF3N5O5. The number of aliphatic hydroxyl groups excluding tert-OH is 1. The molecule has 14 heteroatoms. The van der Waals surface area contributed by atoms with E-state index in [0.29, 0.717) is 42.5 Å². The maximum Gasteiger partial charge on any atom is 0.490 e. The number of amides is 3. The number of benzene rings is 2. The van der Waals surface area contributed by atoms with Crippen LogP contribution in [0.4, 0.5) is 29.3 Å². The van der Waals surface area contributed by atoms with Crippen molar-refractivity contribution in [2.24, 2.45) is 5.73 Å². The lowest BCUT2D eigenvalue weighted by atomic mass is 10.0. The third-order valence-corrected chi connectivity index (χ3v) is 6.61. The summed E-state index contributed by atoms with van der Waals surface area (Å²) in [4.78, 5) is 36.8. The number of anilines is 2. The molecule has 3 amide bonds. The van der Waals surface area contributed by atoms with E-state index in [1.54, 1.807) is 30.3 Å². The summed E-state index contributed by atoms with van der Waals surface area (Å²) in [5, 5.41) is 24.6. The highest BCUT2D eigenvalue weighted by molar-refractivity contribution is 6.30. The van der Waals surface area contributed by atoms with Gasteiger partial charge in [0.2, 0.25) is 0 Å². The monoisotopic (exact) mass is 571 g/mol. The van der Waals surface area contributed by atoms with Crippen LogP contribution in [0.2, 0.25) is 5.02 Å². The molecular weight excluding hydrogens is 543 g/mol. The van der Waals surface area contributed by atoms with E-state index < -0.39 is 24.3 Å². The number of alkyl halides is 3. The predicted octanol–water partition coefficient (Wildman–Crippen LogP) is 2.91. The van der Waals surface area contributed by atoms with Gasteiger partial charge in [0.1, 0.15) is 0 Å². The van der Waals surface area contributed by atoms with E-state index in [0.717, 1.165) is 18.5 Å². The normalized spacial score (nSPS) is 19.7. The summed E-state index contributed by atoms with van der Waals surface area (Å²) < 4.78 is 31.7. The second-order valence-corrected chi connectivity index (χ2v) is 9.56. The molecule has 0 aliphatic carbocycles. The SMILES string of the molecule is NC(=O)Nc1ccccc1N1C[C@@H](O)[C@H](NC2CCN(C(=O)c3ccc(Cl)cc3)CC2)C1.O=C(O)C(F)(F)F. The van der Waals surface area contributed by atoms with Gasteiger partial charge in [-0.05, 0) is 49.2 Å². The number of carboxylic acids is 1. The quantitative estimate of drug-likeness (QED) is 0.370. The van der Waals surface area contributed by atoms with Crippen LogP contribution >= 0.6 is 11.6 Å². The zero-order chi connectivity index (χ0) is 28.7. The highest BCUT2D eigenvalue weighted by Gasteiger charge is 2.38. The van der Waals surface area contributed by atoms with Gasteiger partial charge in [-0.25, -0.2) is 9.59 Å². The maximum atomic E-state index is 12.7. The summed E-state index contributed by atoms with van der Waals surface area (Å²) in [6.45, 7) is 2.40. The topological polar surface area (TPSA) is 148 Å². The number of likely N-dealkylation sites (tertiary alicyclic amines) is 1. The third kappa shape index (κ3) is 8.47. The molecule has 2 atom stereocenters. The summed E-state index contributed by atoms with van der Waals surface area (Å²) in [6.07, 6.45) is -3.98. The Bertz CT molecular complexity index is 1160. The van der Waals surface area contributed by atoms with Gasteiger partial charge in [0, 0.05) is 42.8 Å². The highest BCUT2D eigenvalue weighted by atomic mass is 35.5. The molecule has 2 fully saturated rings. The van der Waals surface area contributed by atoms with Crippen LogP contribution in [0.1, 0.15) is 23.2 Å². The lowest BCUT2D eigenvalue weighted by molar-refractivity contribution is -0.192. The first-order valence-corrected chi connectivity index (χ1v) is 12.4. The molecule has 2 aliphatic rings. The van der Waals surface area contributed by atoms with E-state index in [4.69, 9.17) is 27.2 Å². The fourth-order valence-electron chi connectivity index (χ4n) is 4.46. The molecule has 2 aliphatic heterocycles. The van der Waals surface area contributed by atoms with Gasteiger partial charge < -0.3 is 36.4 Å². The average Bonchev–Trinajstić information content (AvgIpc) is 3.24. The Labute approximate surface area is 227 Å². The molecule has 0 radical (unpaired) electrons. The molecule has 2 aromatic rings. The molecule has 10 nitrogen and oxygen atoms in total. The first kappa shape index (κ1) is 30.0. The number of carbonyl (C=O) groups excluding carboxylic acids is 2. The van der Waals surface area contributed by atoms with Crippen molar-refractivity contribution in [3.8, 4) is 0 Å². The molecule has 4 rings (SSSR count). The standard InChI is InChI=1S/C23H28ClN5O3.C2HF3O2/c24-16-7-5-15(6-8-16)22(31)28-11-9-17(10-12-28)26-19-13-29(14-21(19)30)20-4-2-1-3-18(20)27-23(25)32;3-2(4,5)1(6)7/h1-8,17,19,21,26,30H,9-14H2,(H3,25,27,32);(H,6,7)/t19-,21-;/m1./s1. The van der Waals surface area contributed by atoms with Gasteiger partial charge in [-0.3, -0.25) is 4.79 Å². The number of β-amino-alcohol motifs (C(OH)–C–C–N with tert-alkyl or cyclic N) is 1. The largest absolute Gasteiger partial charge is 0.490 e. The van der Waals surface area contributed by atoms with E-state index in [2.05, 4.69) is 10.6 Å². The molecule has 0 unspecified atom stereocenters. The lowest BCUT2D eigenvalue weighted by Gasteiger charge is -2.34. The Kier molecular flexibility index (Phi) is 10.0. The summed E-state index contributed by atoms with van der Waals surface area (Å²) in [6, 6.07) is 13.9. The van der Waals surface area contributed by atoms with Crippen LogP contribution < -0.4 is 21.3 Å². The number of carboxylic acid groups (broad SMARTS) is 1. The minimum atomic E-state index is -5.08. The number of nitrogens with one attached hydrogen (secondary N) is 2. The number of hydrogen-bond donors (Lipinski definition) is 5. The predicted molar refractivity (Wildman–Crippen MR) is 139 cm³/mol. The number of urea groups is 1. The Balaban J connectivity index is 0.000000532. The number of hydrogen-bond acceptors (Lipinski definition) is 6. The highest BCUT2D eigenvalue weighted by Crippen LogP contribution is 2.29. The molecule has 0 bridgehead atoms. The van der Waals surface area contributed by atoms with Crippen LogP contribution in [0.3, 0.4) is 0 Å². The number of halogens is 4. The zero-order valence-corrected chi connectivity index (χ0v) is 21.5. The molecule has 2 heterocycles. The number of primary amides is 1. The smallest absolute Gasteiger partial charge is 0.475 e. The molecule has 0 saturated carbocycles. The van der Waals surface area contributed by atoms with Crippen molar-refractivity contribution in [1.82, 2.24) is 10.2 Å². The molecule has 0 spiro atoms. The van der Waals surface area contributed by atoms with Crippen LogP contribution in [-0.2, 0) is 4.79 Å². The van der Waals surface area contributed by atoms with Crippen molar-refractivity contribution >= 4 is 40.9 Å². The Morgan fingerprint density at radius 1 is 1.00 bits per heavy atom. The number of piperidine rings is 1. The van der Waals surface area contributed by atoms with Gasteiger partial charge >= 0.3 is 18.2 Å². The van der Waals surface area contributed by atoms with Crippen molar-refractivity contribution < 1.29 is 37.8 Å². The number of carbonyl (C=O) groups is 3. The summed E-state index contributed by atoms with van der Waals surface area (Å²) in [5.74, 6) is -2.74. The van der Waals surface area contributed by atoms with E-state index >= 15 is 0 Å². The fourth-order valence-corrected chi connectivity index (χ4v) is 4.59. The summed E-state index contributed by atoms with van der Waals surface area (Å²) in [5.41, 5.74) is 7.38. The number of nitrogens with zero attached hydrogens (tertiary/aromatic N) is 2. The first-order chi connectivity index (χ1) is 18.3. The summed E-state index contributed by atoms with van der Waals surface area (Å²) in [7, 11) is 0. The number of aliphatic carboxylic acids is 1. The van der Waals surface area contributed by atoms with Crippen LogP contribution in [-0.4, -0.2) is 83.6 Å². The van der Waals surface area contributed by atoms with Crippen LogP contribution in [0.25, 0.3) is 0 Å². The molecule has 212 valence electrons. The summed E-state index contributed by atoms with van der Waals surface area (Å²) >= 11 is 5.91. The number of para-hydroxylation sites is 2. The van der Waals surface area contributed by atoms with E-state index in [1.165, 1.54) is 0 Å². The minimum Gasteiger partial charge on any atom is -0.475 e. The number of rotatable bonds is 5. The zero-order valence-electron chi connectivity index (χ0n) is 20.7. The molecule has 6 N–H and O–H groups in total. The maximum absolute atomic E-state index is 12.7. The van der Waals surface area contributed by atoms with Crippen LogP contribution in [0, 0.1) is 0 Å². The van der Waals surface area contributed by atoms with E-state index in [1.807, 2.05) is 28.0 Å². The van der Waals surface area contributed by atoms with Gasteiger partial charge in [0.25, 0.3) is 5.91 Å². The van der Waals surface area contributed by atoms with Crippen LogP contribution in [0.5, 0.6) is 0 Å². The average molecular weight is 572 g/mol. The van der Waals surface area contributed by atoms with Gasteiger partial charge in [-0.15, -0.1) is 0 Å². The Hall–Kier alpha value is -3.55. The van der Waals surface area contributed by atoms with Gasteiger partial charge in [0.15, 0.2) is 0 Å². The molecule has 39 heavy (non-hydrogen) atoms. The first-order valence-electron chi connectivity index (χ1n) is 12.0. The third-order valence-electron chi connectivity index (χ3n) is 6.36. The second kappa shape index (κ2) is 13.0. The number of aliphatic hydroxyl groups is 1. The van der Waals surface area contributed by atoms with Crippen molar-refractivity contribution in [3.63, 3.8) is 0 Å². The number of nitrogens with two attached hydrogens (primary N) is 1. The van der Waals surface area contributed by atoms with Crippen molar-refractivity contribution in [2.75, 3.05) is 36.4 Å². The van der Waals surface area contributed by atoms with Crippen molar-refractivity contribution in [3.05, 3.63) is 59.1 Å². The van der Waals surface area contributed by atoms with E-state index in [-0.39, 0.29) is 18.0 Å². The Morgan fingerprint density at radius 2 is 1.59 bits per heavy atom. The molecule has 2 aromatic carbocycles. The van der Waals surface area contributed by atoms with Crippen molar-refractivity contribution in [2.45, 2.75) is 37.2 Å². The van der Waals surface area contributed by atoms with Crippen LogP contribution in [0.15, 0.2) is 48.5 Å².